The number of hydrogen-bond donors (Lipinski definition) is 2. The molecule has 0 bridgehead atoms. The van der Waals surface area contributed by atoms with E-state index in [1.807, 2.05) is 0 Å². The van der Waals surface area contributed by atoms with Gasteiger partial charge in [0.05, 0.1) is 13.7 Å². The van der Waals surface area contributed by atoms with E-state index in [9.17, 15) is 9.59 Å². The molecule has 0 aromatic heterocycles. The fourth-order valence-electron chi connectivity index (χ4n) is 0.693. The van der Waals surface area contributed by atoms with Crippen molar-refractivity contribution < 1.29 is 19.4 Å². The van der Waals surface area contributed by atoms with Crippen LogP contribution in [0, 0.1) is 0 Å². The Balaban J connectivity index is 4.12. The fraction of sp³-hybridized carbons (Fsp3) is 0.500. The molecule has 0 radical (unpaired) electrons. The third-order valence-electron chi connectivity index (χ3n) is 1.30. The first-order chi connectivity index (χ1) is 6.15. The molecule has 2 N–H and O–H groups in total. The maximum Gasteiger partial charge on any atom is 0.330 e. The van der Waals surface area contributed by atoms with Crippen molar-refractivity contribution in [3.8, 4) is 0 Å². The Morgan fingerprint density at radius 1 is 1.62 bits per heavy atom. The fourth-order valence-corrected chi connectivity index (χ4v) is 0.693. The zero-order chi connectivity index (χ0) is 10.3. The summed E-state index contributed by atoms with van der Waals surface area (Å²) in [6.07, 6.45) is 2.78. The van der Waals surface area contributed by atoms with Gasteiger partial charge in [-0.2, -0.15) is 0 Å². The quantitative estimate of drug-likeness (QED) is 0.447. The monoisotopic (exact) mass is 187 g/mol. The van der Waals surface area contributed by atoms with Gasteiger partial charge in [0, 0.05) is 0 Å². The maximum atomic E-state index is 10.9. The average Bonchev–Trinajstić information content (AvgIpc) is 2.13. The van der Waals surface area contributed by atoms with Crippen LogP contribution in [0.1, 0.15) is 6.92 Å². The molecule has 0 saturated carbocycles. The van der Waals surface area contributed by atoms with Crippen molar-refractivity contribution in [1.29, 1.82) is 0 Å². The zero-order valence-electron chi connectivity index (χ0n) is 7.61. The van der Waals surface area contributed by atoms with Crippen LogP contribution in [0.2, 0.25) is 0 Å². The van der Waals surface area contributed by atoms with E-state index in [0.29, 0.717) is 0 Å². The maximum absolute atomic E-state index is 10.9. The second-order valence-corrected chi connectivity index (χ2v) is 2.27. The number of esters is 1. The van der Waals surface area contributed by atoms with E-state index in [2.05, 4.69) is 10.1 Å². The van der Waals surface area contributed by atoms with Crippen molar-refractivity contribution in [3.05, 3.63) is 12.2 Å². The van der Waals surface area contributed by atoms with Crippen molar-refractivity contribution in [2.45, 2.75) is 13.0 Å². The molecule has 0 rings (SSSR count). The summed E-state index contributed by atoms with van der Waals surface area (Å²) in [5.74, 6) is -1.10. The van der Waals surface area contributed by atoms with Gasteiger partial charge in [0.15, 0.2) is 6.04 Å². The first-order valence-corrected chi connectivity index (χ1v) is 3.77. The summed E-state index contributed by atoms with van der Waals surface area (Å²) in [5, 5.41) is 11.0. The summed E-state index contributed by atoms with van der Waals surface area (Å²) in [7, 11) is 1.19. The van der Waals surface area contributed by atoms with E-state index in [-0.39, 0.29) is 0 Å². The molecule has 0 spiro atoms. The normalized spacial score (nSPS) is 12.5. The molecule has 1 atom stereocenters. The molecular formula is C8H13NO4. The van der Waals surface area contributed by atoms with E-state index in [0.717, 1.165) is 0 Å². The molecule has 5 heteroatoms. The van der Waals surface area contributed by atoms with Gasteiger partial charge in [0.25, 0.3) is 0 Å². The molecule has 0 aliphatic rings. The predicted molar refractivity (Wildman–Crippen MR) is 45.8 cm³/mol. The Kier molecular flexibility index (Phi) is 5.54. The molecular weight excluding hydrogens is 174 g/mol. The van der Waals surface area contributed by atoms with Gasteiger partial charge in [0.2, 0.25) is 5.91 Å². The summed E-state index contributed by atoms with van der Waals surface area (Å²) in [6, 6.07) is -0.992. The number of aliphatic hydroxyl groups excluding tert-OH is 1. The number of ether oxygens (including phenoxy) is 1. The Morgan fingerprint density at radius 2 is 2.23 bits per heavy atom. The van der Waals surface area contributed by atoms with Crippen molar-refractivity contribution in [2.24, 2.45) is 0 Å². The molecule has 5 nitrogen and oxygen atoms in total. The number of allylic oxidation sites excluding steroid dienone is 1. The molecule has 1 unspecified atom stereocenters. The minimum absolute atomic E-state index is 0.438. The number of hydrogen-bond acceptors (Lipinski definition) is 4. The van der Waals surface area contributed by atoms with E-state index in [4.69, 9.17) is 5.11 Å². The van der Waals surface area contributed by atoms with E-state index in [1.165, 1.54) is 19.3 Å². The van der Waals surface area contributed by atoms with E-state index >= 15 is 0 Å². The molecule has 74 valence electrons. The molecule has 1 amide bonds. The molecule has 0 aliphatic carbocycles. The SMILES string of the molecule is CC=CC(=O)NC(CO)C(=O)OC. The first-order valence-electron chi connectivity index (χ1n) is 3.77. The summed E-state index contributed by atoms with van der Waals surface area (Å²) in [6.45, 7) is 1.20. The Morgan fingerprint density at radius 3 is 2.62 bits per heavy atom. The average molecular weight is 187 g/mol. The molecule has 0 saturated heterocycles. The van der Waals surface area contributed by atoms with Gasteiger partial charge in [-0.1, -0.05) is 6.08 Å². The minimum atomic E-state index is -0.992. The van der Waals surface area contributed by atoms with Gasteiger partial charge in [-0.15, -0.1) is 0 Å². The smallest absolute Gasteiger partial charge is 0.330 e. The summed E-state index contributed by atoms with van der Waals surface area (Å²) >= 11 is 0. The van der Waals surface area contributed by atoms with Crippen LogP contribution in [0.25, 0.3) is 0 Å². The van der Waals surface area contributed by atoms with Crippen LogP contribution < -0.4 is 5.32 Å². The first kappa shape index (κ1) is 11.6. The van der Waals surface area contributed by atoms with Crippen LogP contribution >= 0.6 is 0 Å². The highest BCUT2D eigenvalue weighted by atomic mass is 16.5. The largest absolute Gasteiger partial charge is 0.467 e. The minimum Gasteiger partial charge on any atom is -0.467 e. The zero-order valence-corrected chi connectivity index (χ0v) is 7.61. The molecule has 0 aliphatic heterocycles. The lowest BCUT2D eigenvalue weighted by Crippen LogP contribution is -2.43. The van der Waals surface area contributed by atoms with Gasteiger partial charge in [-0.25, -0.2) is 4.79 Å². The number of rotatable bonds is 4. The highest BCUT2D eigenvalue weighted by Gasteiger charge is 2.18. The van der Waals surface area contributed by atoms with Crippen LogP contribution in [0.3, 0.4) is 0 Å². The van der Waals surface area contributed by atoms with E-state index < -0.39 is 24.5 Å². The molecule has 13 heavy (non-hydrogen) atoms. The van der Waals surface area contributed by atoms with Crippen LogP contribution in [0.5, 0.6) is 0 Å². The van der Waals surface area contributed by atoms with Crippen molar-refractivity contribution in [2.75, 3.05) is 13.7 Å². The number of aliphatic hydroxyl groups is 1. The third-order valence-corrected chi connectivity index (χ3v) is 1.30. The van der Waals surface area contributed by atoms with Crippen LogP contribution in [-0.2, 0) is 14.3 Å². The van der Waals surface area contributed by atoms with Gasteiger partial charge in [0.1, 0.15) is 0 Å². The molecule has 0 aromatic carbocycles. The number of nitrogens with one attached hydrogen (secondary N) is 1. The second kappa shape index (κ2) is 6.19. The van der Waals surface area contributed by atoms with Gasteiger partial charge in [-0.3, -0.25) is 4.79 Å². The Labute approximate surface area is 76.4 Å². The van der Waals surface area contributed by atoms with Gasteiger partial charge < -0.3 is 15.2 Å². The molecule has 0 aromatic rings. The molecule has 0 fully saturated rings. The van der Waals surface area contributed by atoms with Crippen LogP contribution in [-0.4, -0.2) is 36.7 Å². The lowest BCUT2D eigenvalue weighted by molar-refractivity contribution is -0.145. The highest BCUT2D eigenvalue weighted by molar-refractivity contribution is 5.91. The molecule has 0 heterocycles. The van der Waals surface area contributed by atoms with Crippen molar-refractivity contribution >= 4 is 11.9 Å². The number of carbonyl (C=O) groups excluding carboxylic acids is 2. The number of amides is 1. The summed E-state index contributed by atoms with van der Waals surface area (Å²) < 4.78 is 4.34. The third kappa shape index (κ3) is 4.27. The lowest BCUT2D eigenvalue weighted by Gasteiger charge is -2.11. The topological polar surface area (TPSA) is 75.6 Å². The van der Waals surface area contributed by atoms with Crippen LogP contribution in [0.4, 0.5) is 0 Å². The number of carbonyl (C=O) groups is 2. The van der Waals surface area contributed by atoms with Gasteiger partial charge in [-0.05, 0) is 13.0 Å². The second-order valence-electron chi connectivity index (χ2n) is 2.27. The van der Waals surface area contributed by atoms with Crippen LogP contribution in [0.15, 0.2) is 12.2 Å². The van der Waals surface area contributed by atoms with Crippen molar-refractivity contribution in [1.82, 2.24) is 5.32 Å². The highest BCUT2D eigenvalue weighted by Crippen LogP contribution is 1.87. The van der Waals surface area contributed by atoms with Crippen molar-refractivity contribution in [3.63, 3.8) is 0 Å². The predicted octanol–water partition coefficient (Wildman–Crippen LogP) is -0.787. The standard InChI is InChI=1S/C8H13NO4/c1-3-4-7(11)9-6(5-10)8(12)13-2/h3-4,6,10H,5H2,1-2H3,(H,9,11). The lowest BCUT2D eigenvalue weighted by atomic mass is 10.3. The van der Waals surface area contributed by atoms with E-state index in [1.54, 1.807) is 6.92 Å². The Bertz CT molecular complexity index is 212. The Hall–Kier alpha value is -1.36. The van der Waals surface area contributed by atoms with Gasteiger partial charge >= 0.3 is 5.97 Å². The summed E-state index contributed by atoms with van der Waals surface area (Å²) in [4.78, 5) is 21.8. The summed E-state index contributed by atoms with van der Waals surface area (Å²) in [5.41, 5.74) is 0. The number of methoxy groups -OCH3 is 1.